The topological polar surface area (TPSA) is 0 Å². The van der Waals surface area contributed by atoms with E-state index in [2.05, 4.69) is 20.8 Å². The summed E-state index contributed by atoms with van der Waals surface area (Å²) in [6.45, 7) is 6.65. The molecule has 0 fully saturated rings. The lowest BCUT2D eigenvalue weighted by Gasteiger charge is -2.29. The molecule has 0 nitrogen and oxygen atoms in total. The molecule has 0 saturated heterocycles. The normalized spacial score (nSPS) is 14.4. The fourth-order valence-corrected chi connectivity index (χ4v) is 4.10. The van der Waals surface area contributed by atoms with Crippen LogP contribution >= 0.6 is 22.9 Å². The summed E-state index contributed by atoms with van der Waals surface area (Å²) < 4.78 is 14.2. The molecule has 0 aromatic carbocycles. The lowest BCUT2D eigenvalue weighted by molar-refractivity contribution is 0.360. The summed E-state index contributed by atoms with van der Waals surface area (Å²) in [7, 11) is 0. The predicted octanol–water partition coefficient (Wildman–Crippen LogP) is 7.35. The fourth-order valence-electron chi connectivity index (χ4n) is 2.79. The molecule has 0 aliphatic rings. The second-order valence-corrected chi connectivity index (χ2v) is 7.34. The molecule has 0 radical (unpaired) electrons. The van der Waals surface area contributed by atoms with Gasteiger partial charge in [-0.05, 0) is 12.8 Å². The van der Waals surface area contributed by atoms with E-state index in [1.807, 2.05) is 0 Å². The average Bonchev–Trinajstić information content (AvgIpc) is 2.76. The Hall–Kier alpha value is -0.0800. The molecule has 0 amide bonds. The second-order valence-electron chi connectivity index (χ2n) is 6.06. The Kier molecular flexibility index (Phi) is 8.13. The van der Waals surface area contributed by atoms with Gasteiger partial charge in [-0.1, -0.05) is 77.3 Å². The van der Waals surface area contributed by atoms with Crippen molar-refractivity contribution in [2.24, 2.45) is 0 Å². The lowest BCUT2D eigenvalue weighted by atomic mass is 9.78. The van der Waals surface area contributed by atoms with Gasteiger partial charge in [0.05, 0.1) is 5.02 Å². The maximum Gasteiger partial charge on any atom is 0.156 e. The van der Waals surface area contributed by atoms with E-state index < -0.39 is 0 Å². The van der Waals surface area contributed by atoms with Gasteiger partial charge in [0, 0.05) is 15.7 Å². The maximum atomic E-state index is 14.2. The van der Waals surface area contributed by atoms with Crippen LogP contribution in [0.1, 0.15) is 83.4 Å². The highest BCUT2D eigenvalue weighted by molar-refractivity contribution is 7.10. The number of thiophene rings is 1. The molecule has 0 saturated carbocycles. The van der Waals surface area contributed by atoms with E-state index in [1.54, 1.807) is 5.38 Å². The highest BCUT2D eigenvalue weighted by Gasteiger charge is 2.31. The Morgan fingerprint density at radius 3 is 2.10 bits per heavy atom. The molecule has 1 unspecified atom stereocenters. The van der Waals surface area contributed by atoms with E-state index in [9.17, 15) is 4.39 Å². The molecule has 20 heavy (non-hydrogen) atoms. The van der Waals surface area contributed by atoms with Crippen LogP contribution in [0.25, 0.3) is 0 Å². The van der Waals surface area contributed by atoms with E-state index in [0.29, 0.717) is 5.02 Å². The van der Waals surface area contributed by atoms with Crippen LogP contribution in [0, 0.1) is 5.82 Å². The molecule has 0 bridgehead atoms. The molecule has 1 atom stereocenters. The zero-order valence-electron chi connectivity index (χ0n) is 13.1. The molecule has 116 valence electrons. The standard InChI is InChI=1S/C17H28ClFS/c1-4-6-8-10-12-17(3,11-9-7-5-2)16-15(19)14(18)13-20-16/h13H,4-12H2,1-3H3. The van der Waals surface area contributed by atoms with Crippen LogP contribution in [0.5, 0.6) is 0 Å². The minimum Gasteiger partial charge on any atom is -0.204 e. The van der Waals surface area contributed by atoms with Gasteiger partial charge in [-0.15, -0.1) is 11.3 Å². The Labute approximate surface area is 132 Å². The van der Waals surface area contributed by atoms with Gasteiger partial charge in [0.25, 0.3) is 0 Å². The van der Waals surface area contributed by atoms with Gasteiger partial charge in [0.15, 0.2) is 5.82 Å². The van der Waals surface area contributed by atoms with Crippen LogP contribution < -0.4 is 0 Å². The quantitative estimate of drug-likeness (QED) is 0.395. The molecule has 0 aliphatic heterocycles. The molecular weight excluding hydrogens is 291 g/mol. The molecule has 1 heterocycles. The van der Waals surface area contributed by atoms with E-state index >= 15 is 0 Å². The van der Waals surface area contributed by atoms with Crippen LogP contribution in [0.15, 0.2) is 5.38 Å². The predicted molar refractivity (Wildman–Crippen MR) is 89.5 cm³/mol. The first kappa shape index (κ1) is 18.0. The van der Waals surface area contributed by atoms with Gasteiger partial charge in [0.2, 0.25) is 0 Å². The van der Waals surface area contributed by atoms with Crippen molar-refractivity contribution in [2.45, 2.75) is 84.0 Å². The van der Waals surface area contributed by atoms with Crippen LogP contribution in [-0.2, 0) is 5.41 Å². The Morgan fingerprint density at radius 1 is 1.05 bits per heavy atom. The van der Waals surface area contributed by atoms with Crippen molar-refractivity contribution in [3.05, 3.63) is 21.1 Å². The largest absolute Gasteiger partial charge is 0.204 e. The summed E-state index contributed by atoms with van der Waals surface area (Å²) in [6.07, 6.45) is 10.7. The monoisotopic (exact) mass is 318 g/mol. The van der Waals surface area contributed by atoms with Crippen molar-refractivity contribution in [1.82, 2.24) is 0 Å². The van der Waals surface area contributed by atoms with E-state index in [-0.39, 0.29) is 11.2 Å². The van der Waals surface area contributed by atoms with Crippen LogP contribution in [0.2, 0.25) is 5.02 Å². The van der Waals surface area contributed by atoms with E-state index in [1.165, 1.54) is 56.3 Å². The van der Waals surface area contributed by atoms with E-state index in [0.717, 1.165) is 17.7 Å². The van der Waals surface area contributed by atoms with Crippen LogP contribution in [0.4, 0.5) is 4.39 Å². The first-order chi connectivity index (χ1) is 9.55. The first-order valence-corrected chi connectivity index (χ1v) is 9.24. The van der Waals surface area contributed by atoms with Crippen molar-refractivity contribution in [2.75, 3.05) is 0 Å². The van der Waals surface area contributed by atoms with Gasteiger partial charge in [-0.25, -0.2) is 4.39 Å². The van der Waals surface area contributed by atoms with Gasteiger partial charge >= 0.3 is 0 Å². The Balaban J connectivity index is 2.74. The molecule has 1 aromatic rings. The fraction of sp³-hybridized carbons (Fsp3) is 0.765. The molecule has 0 aliphatic carbocycles. The summed E-state index contributed by atoms with van der Waals surface area (Å²) in [6, 6.07) is 0. The van der Waals surface area contributed by atoms with Crippen molar-refractivity contribution in [3.63, 3.8) is 0 Å². The van der Waals surface area contributed by atoms with Gasteiger partial charge in [0.1, 0.15) is 0 Å². The smallest absolute Gasteiger partial charge is 0.156 e. The summed E-state index contributed by atoms with van der Waals surface area (Å²) in [5.41, 5.74) is -0.0369. The summed E-state index contributed by atoms with van der Waals surface area (Å²) in [4.78, 5) is 0.870. The lowest BCUT2D eigenvalue weighted by Crippen LogP contribution is -2.22. The SMILES string of the molecule is CCCCCCC(C)(CCCCC)c1scc(Cl)c1F. The highest BCUT2D eigenvalue weighted by Crippen LogP contribution is 2.42. The van der Waals surface area contributed by atoms with Gasteiger partial charge < -0.3 is 0 Å². The Bertz CT molecular complexity index is 388. The van der Waals surface area contributed by atoms with Gasteiger partial charge in [-0.3, -0.25) is 0 Å². The van der Waals surface area contributed by atoms with Crippen LogP contribution in [-0.4, -0.2) is 0 Å². The number of hydrogen-bond donors (Lipinski definition) is 0. The molecule has 1 aromatic heterocycles. The summed E-state index contributed by atoms with van der Waals surface area (Å²) in [5.74, 6) is -0.175. The minimum absolute atomic E-state index is 0.0369. The van der Waals surface area contributed by atoms with E-state index in [4.69, 9.17) is 11.6 Å². The second kappa shape index (κ2) is 9.04. The van der Waals surface area contributed by atoms with Gasteiger partial charge in [-0.2, -0.15) is 0 Å². The first-order valence-electron chi connectivity index (χ1n) is 7.98. The van der Waals surface area contributed by atoms with Crippen molar-refractivity contribution in [3.8, 4) is 0 Å². The maximum absolute atomic E-state index is 14.2. The summed E-state index contributed by atoms with van der Waals surface area (Å²) in [5, 5.41) is 2.04. The van der Waals surface area contributed by atoms with Crippen molar-refractivity contribution < 1.29 is 4.39 Å². The number of unbranched alkanes of at least 4 members (excludes halogenated alkanes) is 5. The number of rotatable bonds is 10. The van der Waals surface area contributed by atoms with Crippen LogP contribution in [0.3, 0.4) is 0 Å². The molecule has 0 spiro atoms. The highest BCUT2D eigenvalue weighted by atomic mass is 35.5. The molecule has 1 rings (SSSR count). The number of hydrogen-bond acceptors (Lipinski definition) is 1. The minimum atomic E-state index is -0.175. The van der Waals surface area contributed by atoms with Crippen molar-refractivity contribution in [1.29, 1.82) is 0 Å². The molecule has 0 N–H and O–H groups in total. The molecular formula is C17H28ClFS. The third kappa shape index (κ3) is 5.04. The zero-order chi connectivity index (χ0) is 15.0. The van der Waals surface area contributed by atoms with Crippen molar-refractivity contribution >= 4 is 22.9 Å². The number of halogens is 2. The molecule has 3 heteroatoms. The third-order valence-electron chi connectivity index (χ3n) is 4.15. The third-order valence-corrected chi connectivity index (χ3v) is 5.82. The average molecular weight is 319 g/mol. The Morgan fingerprint density at radius 2 is 1.60 bits per heavy atom. The zero-order valence-corrected chi connectivity index (χ0v) is 14.7. The summed E-state index contributed by atoms with van der Waals surface area (Å²) >= 11 is 7.41.